The van der Waals surface area contributed by atoms with Gasteiger partial charge in [-0.15, -0.1) is 0 Å². The van der Waals surface area contributed by atoms with Crippen LogP contribution in [0.2, 0.25) is 0 Å². The minimum absolute atomic E-state index is 0.0380. The second-order valence-electron chi connectivity index (χ2n) is 4.28. The Morgan fingerprint density at radius 2 is 1.81 bits per heavy atom. The molecule has 1 aliphatic rings. The summed E-state index contributed by atoms with van der Waals surface area (Å²) >= 11 is 0. The Morgan fingerprint density at radius 1 is 1.06 bits per heavy atom. The summed E-state index contributed by atoms with van der Waals surface area (Å²) in [5.41, 5.74) is 1.27. The highest BCUT2D eigenvalue weighted by Crippen LogP contribution is 2.32. The molecule has 0 N–H and O–H groups in total. The molecule has 1 fully saturated rings. The molecule has 0 aliphatic carbocycles. The zero-order valence-corrected chi connectivity index (χ0v) is 10.1. The van der Waals surface area contributed by atoms with Crippen LogP contribution in [0.25, 0.3) is 0 Å². The smallest absolute Gasteiger partial charge is 0.158 e. The molecule has 2 heteroatoms. The van der Waals surface area contributed by atoms with Crippen molar-refractivity contribution in [2.45, 2.75) is 51.6 Å². The lowest BCUT2D eigenvalue weighted by molar-refractivity contribution is -0.246. The normalized spacial score (nSPS) is 30.2. The van der Waals surface area contributed by atoms with Crippen LogP contribution in [0.1, 0.15) is 44.8 Å². The fourth-order valence-corrected chi connectivity index (χ4v) is 2.12. The molecule has 16 heavy (non-hydrogen) atoms. The van der Waals surface area contributed by atoms with Crippen LogP contribution < -0.4 is 0 Å². The minimum atomic E-state index is -0.0380. The van der Waals surface area contributed by atoms with Crippen LogP contribution in [0.4, 0.5) is 0 Å². The molecule has 1 aromatic rings. The van der Waals surface area contributed by atoms with Gasteiger partial charge in [-0.1, -0.05) is 44.2 Å². The van der Waals surface area contributed by atoms with E-state index < -0.39 is 0 Å². The zero-order valence-electron chi connectivity index (χ0n) is 10.1. The van der Waals surface area contributed by atoms with Gasteiger partial charge in [0.25, 0.3) is 0 Å². The number of hydrogen-bond donors (Lipinski definition) is 0. The van der Waals surface area contributed by atoms with Crippen molar-refractivity contribution in [1.29, 1.82) is 0 Å². The fourth-order valence-electron chi connectivity index (χ4n) is 2.12. The third-order valence-electron chi connectivity index (χ3n) is 3.10. The van der Waals surface area contributed by atoms with Crippen molar-refractivity contribution in [3.05, 3.63) is 35.9 Å². The molecule has 0 aromatic heterocycles. The standard InChI is InChI=1S/C14H20O2/c1-3-12-10-13(16-14(4-2)15-12)11-8-6-5-7-9-11/h5-9,12-14H,3-4,10H2,1-2H3. The molecular formula is C14H20O2. The van der Waals surface area contributed by atoms with Gasteiger partial charge in [-0.05, 0) is 18.4 Å². The first kappa shape index (κ1) is 11.6. The van der Waals surface area contributed by atoms with E-state index in [0.29, 0.717) is 6.10 Å². The molecule has 0 amide bonds. The summed E-state index contributed by atoms with van der Waals surface area (Å²) in [5.74, 6) is 0. The third-order valence-corrected chi connectivity index (χ3v) is 3.10. The van der Waals surface area contributed by atoms with Gasteiger partial charge in [0.1, 0.15) is 0 Å². The quantitative estimate of drug-likeness (QED) is 0.773. The SMILES string of the molecule is CCC1CC(c2ccccc2)OC(CC)O1. The van der Waals surface area contributed by atoms with Crippen molar-refractivity contribution in [3.63, 3.8) is 0 Å². The van der Waals surface area contributed by atoms with Crippen LogP contribution in [0.3, 0.4) is 0 Å². The van der Waals surface area contributed by atoms with E-state index in [1.807, 2.05) is 6.07 Å². The van der Waals surface area contributed by atoms with E-state index in [1.54, 1.807) is 0 Å². The first-order chi connectivity index (χ1) is 7.83. The average molecular weight is 220 g/mol. The monoisotopic (exact) mass is 220 g/mol. The first-order valence-electron chi connectivity index (χ1n) is 6.19. The predicted molar refractivity (Wildman–Crippen MR) is 64.1 cm³/mol. The molecule has 3 atom stereocenters. The summed E-state index contributed by atoms with van der Waals surface area (Å²) < 4.78 is 11.7. The summed E-state index contributed by atoms with van der Waals surface area (Å²) in [4.78, 5) is 0. The van der Waals surface area contributed by atoms with E-state index in [9.17, 15) is 0 Å². The van der Waals surface area contributed by atoms with E-state index in [2.05, 4.69) is 38.1 Å². The van der Waals surface area contributed by atoms with Crippen molar-refractivity contribution in [1.82, 2.24) is 0 Å². The maximum Gasteiger partial charge on any atom is 0.158 e. The van der Waals surface area contributed by atoms with Crippen LogP contribution in [0.15, 0.2) is 30.3 Å². The molecule has 1 saturated heterocycles. The lowest BCUT2D eigenvalue weighted by atomic mass is 10.0. The third kappa shape index (κ3) is 2.63. The van der Waals surface area contributed by atoms with Crippen molar-refractivity contribution < 1.29 is 9.47 Å². The van der Waals surface area contributed by atoms with Crippen molar-refractivity contribution >= 4 is 0 Å². The van der Waals surface area contributed by atoms with Gasteiger partial charge >= 0.3 is 0 Å². The minimum Gasteiger partial charge on any atom is -0.349 e. The summed E-state index contributed by atoms with van der Waals surface area (Å²) in [6, 6.07) is 10.4. The van der Waals surface area contributed by atoms with Crippen LogP contribution in [-0.2, 0) is 9.47 Å². The highest BCUT2D eigenvalue weighted by atomic mass is 16.7. The van der Waals surface area contributed by atoms with Gasteiger partial charge in [0.15, 0.2) is 6.29 Å². The summed E-state index contributed by atoms with van der Waals surface area (Å²) in [6.07, 6.45) is 3.44. The topological polar surface area (TPSA) is 18.5 Å². The largest absolute Gasteiger partial charge is 0.349 e. The van der Waals surface area contributed by atoms with Gasteiger partial charge in [0.05, 0.1) is 12.2 Å². The Labute approximate surface area is 97.6 Å². The Morgan fingerprint density at radius 3 is 2.44 bits per heavy atom. The van der Waals surface area contributed by atoms with E-state index >= 15 is 0 Å². The molecule has 88 valence electrons. The van der Waals surface area contributed by atoms with Crippen LogP contribution in [0, 0.1) is 0 Å². The van der Waals surface area contributed by atoms with E-state index in [0.717, 1.165) is 19.3 Å². The van der Waals surface area contributed by atoms with E-state index in [-0.39, 0.29) is 12.4 Å². The van der Waals surface area contributed by atoms with E-state index in [4.69, 9.17) is 9.47 Å². The summed E-state index contributed by atoms with van der Waals surface area (Å²) in [5, 5.41) is 0. The fraction of sp³-hybridized carbons (Fsp3) is 0.571. The highest BCUT2D eigenvalue weighted by molar-refractivity contribution is 5.18. The number of hydrogen-bond acceptors (Lipinski definition) is 2. The molecule has 1 aliphatic heterocycles. The van der Waals surface area contributed by atoms with Crippen molar-refractivity contribution in [2.75, 3.05) is 0 Å². The van der Waals surface area contributed by atoms with E-state index in [1.165, 1.54) is 5.56 Å². The van der Waals surface area contributed by atoms with Gasteiger partial charge in [-0.2, -0.15) is 0 Å². The molecule has 0 spiro atoms. The Bertz CT molecular complexity index is 298. The maximum absolute atomic E-state index is 5.93. The highest BCUT2D eigenvalue weighted by Gasteiger charge is 2.28. The van der Waals surface area contributed by atoms with Crippen LogP contribution in [0.5, 0.6) is 0 Å². The first-order valence-corrected chi connectivity index (χ1v) is 6.19. The lowest BCUT2D eigenvalue weighted by Crippen LogP contribution is -2.33. The molecule has 0 bridgehead atoms. The number of ether oxygens (including phenoxy) is 2. The van der Waals surface area contributed by atoms with Crippen molar-refractivity contribution in [2.24, 2.45) is 0 Å². The molecule has 2 rings (SSSR count). The van der Waals surface area contributed by atoms with Crippen molar-refractivity contribution in [3.8, 4) is 0 Å². The Kier molecular flexibility index (Phi) is 3.97. The Balaban J connectivity index is 2.09. The lowest BCUT2D eigenvalue weighted by Gasteiger charge is -2.35. The molecule has 3 unspecified atom stereocenters. The van der Waals surface area contributed by atoms with Crippen LogP contribution in [-0.4, -0.2) is 12.4 Å². The second kappa shape index (κ2) is 5.46. The van der Waals surface area contributed by atoms with Gasteiger partial charge < -0.3 is 9.47 Å². The second-order valence-corrected chi connectivity index (χ2v) is 4.28. The van der Waals surface area contributed by atoms with Crippen LogP contribution >= 0.6 is 0 Å². The molecule has 1 heterocycles. The molecule has 1 aromatic carbocycles. The molecule has 2 nitrogen and oxygen atoms in total. The number of rotatable bonds is 3. The molecule has 0 radical (unpaired) electrons. The van der Waals surface area contributed by atoms with Gasteiger partial charge in [0.2, 0.25) is 0 Å². The Hall–Kier alpha value is -0.860. The maximum atomic E-state index is 5.93. The molecular weight excluding hydrogens is 200 g/mol. The van der Waals surface area contributed by atoms with Gasteiger partial charge in [-0.3, -0.25) is 0 Å². The van der Waals surface area contributed by atoms with Gasteiger partial charge in [0, 0.05) is 6.42 Å². The average Bonchev–Trinajstić information content (AvgIpc) is 2.39. The van der Waals surface area contributed by atoms with Gasteiger partial charge in [-0.25, -0.2) is 0 Å². The summed E-state index contributed by atoms with van der Waals surface area (Å²) in [6.45, 7) is 4.27. The number of benzene rings is 1. The zero-order chi connectivity index (χ0) is 11.4. The molecule has 0 saturated carbocycles. The summed E-state index contributed by atoms with van der Waals surface area (Å²) in [7, 11) is 0. The predicted octanol–water partition coefficient (Wildman–Crippen LogP) is 3.68.